The van der Waals surface area contributed by atoms with E-state index >= 15 is 0 Å². The highest BCUT2D eigenvalue weighted by atomic mass is 79.9. The molecule has 1 aromatic carbocycles. The minimum Gasteiger partial charge on any atom is -0.494 e. The summed E-state index contributed by atoms with van der Waals surface area (Å²) in [6, 6.07) is 8.10. The lowest BCUT2D eigenvalue weighted by molar-refractivity contribution is -0.144. The average Bonchev–Trinajstić information content (AvgIpc) is 2.52. The molecule has 5 rings (SSSR count). The molecule has 25 heavy (non-hydrogen) atoms. The molecule has 0 saturated heterocycles. The van der Waals surface area contributed by atoms with E-state index in [1.807, 2.05) is 18.2 Å². The molecule has 0 radical (unpaired) electrons. The normalized spacial score (nSPS) is 35.6. The van der Waals surface area contributed by atoms with Crippen LogP contribution in [0.1, 0.15) is 50.5 Å². The van der Waals surface area contributed by atoms with Crippen LogP contribution >= 0.6 is 15.9 Å². The van der Waals surface area contributed by atoms with Crippen molar-refractivity contribution in [2.45, 2.75) is 56.2 Å². The van der Waals surface area contributed by atoms with E-state index in [0.29, 0.717) is 19.1 Å². The molecule has 0 spiro atoms. The van der Waals surface area contributed by atoms with E-state index in [4.69, 9.17) is 4.74 Å². The molecule has 1 aromatic rings. The monoisotopic (exact) mass is 405 g/mol. The van der Waals surface area contributed by atoms with Crippen LogP contribution in [0.3, 0.4) is 0 Å². The number of halogens is 1. The summed E-state index contributed by atoms with van der Waals surface area (Å²) >= 11 is 3.99. The Morgan fingerprint density at radius 2 is 2.04 bits per heavy atom. The zero-order valence-corrected chi connectivity index (χ0v) is 16.6. The van der Waals surface area contributed by atoms with Gasteiger partial charge < -0.3 is 10.1 Å². The van der Waals surface area contributed by atoms with Crippen molar-refractivity contribution in [3.63, 3.8) is 0 Å². The summed E-state index contributed by atoms with van der Waals surface area (Å²) in [7, 11) is 0. The lowest BCUT2D eigenvalue weighted by Gasteiger charge is -2.59. The van der Waals surface area contributed by atoms with E-state index in [1.165, 1.54) is 24.8 Å². The zero-order valence-electron chi connectivity index (χ0n) is 15.0. The lowest BCUT2D eigenvalue weighted by Crippen LogP contribution is -2.58. The van der Waals surface area contributed by atoms with Gasteiger partial charge in [0.05, 0.1) is 12.0 Å². The van der Waals surface area contributed by atoms with Crippen LogP contribution < -0.4 is 10.1 Å². The van der Waals surface area contributed by atoms with Crippen molar-refractivity contribution in [2.75, 3.05) is 13.2 Å². The first kappa shape index (κ1) is 17.4. The summed E-state index contributed by atoms with van der Waals surface area (Å²) in [5.41, 5.74) is 1.10. The third-order valence-corrected chi connectivity index (χ3v) is 7.26. The number of aryl methyl sites for hydroxylation is 1. The Morgan fingerprint density at radius 3 is 2.72 bits per heavy atom. The molecule has 1 N–H and O–H groups in total. The summed E-state index contributed by atoms with van der Waals surface area (Å²) in [6.45, 7) is 3.41. The second-order valence-corrected chi connectivity index (χ2v) is 10.3. The highest BCUT2D eigenvalue weighted by molar-refractivity contribution is 9.10. The van der Waals surface area contributed by atoms with E-state index in [2.05, 4.69) is 34.2 Å². The number of rotatable bonds is 6. The number of ether oxygens (including phenoxy) is 1. The van der Waals surface area contributed by atoms with Gasteiger partial charge >= 0.3 is 0 Å². The first-order valence-electron chi connectivity index (χ1n) is 9.63. The number of benzene rings is 1. The summed E-state index contributed by atoms with van der Waals surface area (Å²) < 4.78 is 6.01. The van der Waals surface area contributed by atoms with Crippen molar-refractivity contribution in [1.82, 2.24) is 5.32 Å². The second kappa shape index (κ2) is 6.61. The minimum absolute atomic E-state index is 0.106. The lowest BCUT2D eigenvalue weighted by atomic mass is 9.49. The predicted octanol–water partition coefficient (Wildman–Crippen LogP) is 4.61. The van der Waals surface area contributed by atoms with Crippen LogP contribution in [-0.4, -0.2) is 23.4 Å². The Labute approximate surface area is 159 Å². The molecule has 1 amide bonds. The number of carbonyl (C=O) groups excluding carboxylic acids is 1. The molecular formula is C21H28BrNO2. The Balaban J connectivity index is 1.25. The van der Waals surface area contributed by atoms with Gasteiger partial charge in [-0.05, 0) is 81.4 Å². The molecule has 4 aliphatic rings. The molecule has 0 heterocycles. The molecule has 2 unspecified atom stereocenters. The van der Waals surface area contributed by atoms with E-state index in [-0.39, 0.29) is 9.74 Å². The van der Waals surface area contributed by atoms with Crippen molar-refractivity contribution in [3.05, 3.63) is 29.8 Å². The number of alkyl halides is 1. The fourth-order valence-electron chi connectivity index (χ4n) is 5.77. The maximum Gasteiger partial charge on any atom is 0.226 e. The van der Waals surface area contributed by atoms with Crippen molar-refractivity contribution < 1.29 is 9.53 Å². The van der Waals surface area contributed by atoms with Gasteiger partial charge in [0.1, 0.15) is 5.75 Å². The van der Waals surface area contributed by atoms with Crippen LogP contribution in [-0.2, 0) is 4.79 Å². The third kappa shape index (κ3) is 3.60. The van der Waals surface area contributed by atoms with Gasteiger partial charge in [-0.1, -0.05) is 28.1 Å². The van der Waals surface area contributed by atoms with Crippen LogP contribution in [0, 0.1) is 24.2 Å². The predicted molar refractivity (Wildman–Crippen MR) is 103 cm³/mol. The molecule has 4 aliphatic carbocycles. The highest BCUT2D eigenvalue weighted by Gasteiger charge is 2.59. The second-order valence-electron chi connectivity index (χ2n) is 8.67. The largest absolute Gasteiger partial charge is 0.494 e. The number of carbonyl (C=O) groups is 1. The standard InChI is InChI=1S/C21H28BrNO2/c1-15-4-2-5-18(8-15)25-7-3-6-23-19(24)20-10-16-9-17(11-20)13-21(22,12-16)14-20/h2,4-5,8,16-17H,3,6-7,9-14H2,1H3,(H,23,24). The fourth-order valence-corrected chi connectivity index (χ4v) is 7.23. The summed E-state index contributed by atoms with van der Waals surface area (Å²) in [5, 5.41) is 3.21. The Kier molecular flexibility index (Phi) is 4.59. The molecule has 0 aliphatic heterocycles. The van der Waals surface area contributed by atoms with Crippen LogP contribution in [0.4, 0.5) is 0 Å². The van der Waals surface area contributed by atoms with Crippen molar-refractivity contribution in [3.8, 4) is 5.75 Å². The summed E-state index contributed by atoms with van der Waals surface area (Å²) in [5.74, 6) is 2.70. The molecule has 3 nitrogen and oxygen atoms in total. The van der Waals surface area contributed by atoms with Gasteiger partial charge in [0.2, 0.25) is 5.91 Å². The summed E-state index contributed by atoms with van der Waals surface area (Å²) in [4.78, 5) is 12.9. The molecule has 4 heteroatoms. The first-order chi connectivity index (χ1) is 12.0. The van der Waals surface area contributed by atoms with E-state index in [9.17, 15) is 4.79 Å². The van der Waals surface area contributed by atoms with Gasteiger partial charge in [-0.15, -0.1) is 0 Å². The topological polar surface area (TPSA) is 38.3 Å². The van der Waals surface area contributed by atoms with Crippen molar-refractivity contribution >= 4 is 21.8 Å². The van der Waals surface area contributed by atoms with Gasteiger partial charge in [-0.2, -0.15) is 0 Å². The molecule has 0 aromatic heterocycles. The highest BCUT2D eigenvalue weighted by Crippen LogP contribution is 2.64. The maximum atomic E-state index is 12.9. The van der Waals surface area contributed by atoms with E-state index in [1.54, 1.807) is 0 Å². The van der Waals surface area contributed by atoms with Gasteiger partial charge in [0.15, 0.2) is 0 Å². The van der Waals surface area contributed by atoms with E-state index in [0.717, 1.165) is 43.3 Å². The number of hydrogen-bond donors (Lipinski definition) is 1. The maximum absolute atomic E-state index is 12.9. The van der Waals surface area contributed by atoms with Crippen LogP contribution in [0.2, 0.25) is 0 Å². The van der Waals surface area contributed by atoms with Crippen LogP contribution in [0.15, 0.2) is 24.3 Å². The molecule has 2 atom stereocenters. The number of amides is 1. The van der Waals surface area contributed by atoms with Gasteiger partial charge in [-0.25, -0.2) is 0 Å². The first-order valence-corrected chi connectivity index (χ1v) is 10.4. The Morgan fingerprint density at radius 1 is 1.28 bits per heavy atom. The number of nitrogens with one attached hydrogen (secondary N) is 1. The molecule has 4 bridgehead atoms. The van der Waals surface area contributed by atoms with Gasteiger partial charge in [0, 0.05) is 10.9 Å². The molecule has 136 valence electrons. The Hall–Kier alpha value is -1.03. The van der Waals surface area contributed by atoms with Gasteiger partial charge in [-0.3, -0.25) is 4.79 Å². The quantitative estimate of drug-likeness (QED) is 0.553. The summed E-state index contributed by atoms with van der Waals surface area (Å²) in [6.07, 6.45) is 7.95. The zero-order chi connectivity index (χ0) is 17.5. The minimum atomic E-state index is -0.106. The average molecular weight is 406 g/mol. The molecular weight excluding hydrogens is 378 g/mol. The van der Waals surface area contributed by atoms with E-state index < -0.39 is 0 Å². The molecule has 4 fully saturated rings. The molecule has 4 saturated carbocycles. The SMILES string of the molecule is Cc1cccc(OCCCNC(=O)C23CC4CC(CC(Br)(C4)C2)C3)c1. The number of hydrogen-bond acceptors (Lipinski definition) is 2. The van der Waals surface area contributed by atoms with Crippen molar-refractivity contribution in [1.29, 1.82) is 0 Å². The fraction of sp³-hybridized carbons (Fsp3) is 0.667. The smallest absolute Gasteiger partial charge is 0.226 e. The van der Waals surface area contributed by atoms with Crippen LogP contribution in [0.5, 0.6) is 5.75 Å². The van der Waals surface area contributed by atoms with Crippen molar-refractivity contribution in [2.24, 2.45) is 17.3 Å². The Bertz CT molecular complexity index is 645. The van der Waals surface area contributed by atoms with Crippen LogP contribution in [0.25, 0.3) is 0 Å². The third-order valence-electron chi connectivity index (χ3n) is 6.34. The van der Waals surface area contributed by atoms with Gasteiger partial charge in [0.25, 0.3) is 0 Å².